The van der Waals surface area contributed by atoms with Crippen LogP contribution in [0, 0.1) is 0 Å². The number of furan rings is 2. The fourth-order valence-corrected chi connectivity index (χ4v) is 8.93. The molecule has 4 nitrogen and oxygen atoms in total. The molecule has 60 heavy (non-hydrogen) atoms. The summed E-state index contributed by atoms with van der Waals surface area (Å²) in [6.07, 6.45) is 0. The lowest BCUT2D eigenvalue weighted by molar-refractivity contribution is 0.669. The number of benzene rings is 9. The Balaban J connectivity index is 1.19. The summed E-state index contributed by atoms with van der Waals surface area (Å²) in [6.45, 7) is 0. The molecule has 0 amide bonds. The molecule has 0 aliphatic rings. The fourth-order valence-electron chi connectivity index (χ4n) is 8.93. The van der Waals surface area contributed by atoms with Crippen LogP contribution in [0.1, 0.15) is 0 Å². The number of aromatic nitrogens is 2. The molecule has 0 atom stereocenters. The van der Waals surface area contributed by atoms with Crippen molar-refractivity contribution in [3.8, 4) is 67.3 Å². The van der Waals surface area contributed by atoms with Gasteiger partial charge in [-0.15, -0.1) is 0 Å². The van der Waals surface area contributed by atoms with E-state index in [2.05, 4.69) is 182 Å². The zero-order valence-electron chi connectivity index (χ0n) is 32.3. The molecule has 0 unspecified atom stereocenters. The number of hydrogen-bond acceptors (Lipinski definition) is 4. The first-order chi connectivity index (χ1) is 29.7. The van der Waals surface area contributed by atoms with Gasteiger partial charge in [-0.2, -0.15) is 0 Å². The second-order valence-electron chi connectivity index (χ2n) is 15.2. The molecule has 9 aromatic carbocycles. The van der Waals surface area contributed by atoms with E-state index in [0.29, 0.717) is 5.82 Å². The van der Waals surface area contributed by atoms with Crippen molar-refractivity contribution in [2.24, 2.45) is 0 Å². The lowest BCUT2D eigenvalue weighted by Crippen LogP contribution is -2.00. The summed E-state index contributed by atoms with van der Waals surface area (Å²) in [6, 6.07) is 72.1. The van der Waals surface area contributed by atoms with Crippen LogP contribution in [0.5, 0.6) is 0 Å². The van der Waals surface area contributed by atoms with E-state index in [1.165, 1.54) is 0 Å². The van der Waals surface area contributed by atoms with Gasteiger partial charge in [0.2, 0.25) is 0 Å². The topological polar surface area (TPSA) is 52.1 Å². The van der Waals surface area contributed by atoms with Gasteiger partial charge >= 0.3 is 0 Å². The molecule has 3 heterocycles. The van der Waals surface area contributed by atoms with Gasteiger partial charge in [-0.3, -0.25) is 0 Å². The Kier molecular flexibility index (Phi) is 7.82. The second kappa shape index (κ2) is 13.8. The highest BCUT2D eigenvalue weighted by Crippen LogP contribution is 2.45. The summed E-state index contributed by atoms with van der Waals surface area (Å²) < 4.78 is 13.3. The van der Waals surface area contributed by atoms with Crippen molar-refractivity contribution in [3.05, 3.63) is 206 Å². The molecule has 0 saturated carbocycles. The van der Waals surface area contributed by atoms with Gasteiger partial charge in [0, 0.05) is 38.2 Å². The fraction of sp³-hybridized carbons (Fsp3) is 0. The predicted octanol–water partition coefficient (Wildman–Crippen LogP) is 15.4. The molecule has 0 radical (unpaired) electrons. The van der Waals surface area contributed by atoms with Gasteiger partial charge in [-0.1, -0.05) is 164 Å². The average Bonchev–Trinajstić information content (AvgIpc) is 3.90. The van der Waals surface area contributed by atoms with E-state index >= 15 is 0 Å². The Labute approximate surface area is 345 Å². The molecule has 0 aliphatic heterocycles. The van der Waals surface area contributed by atoms with Crippen LogP contribution < -0.4 is 0 Å². The van der Waals surface area contributed by atoms with Crippen molar-refractivity contribution >= 4 is 54.6 Å². The molecule has 4 heteroatoms. The standard InChI is InChI=1S/C56H34N2O2/c1-3-16-35(17-4-1)37-20-13-21-38(32-37)48-33-47(36-18-5-2-6-19-36)39-22-7-8-25-42(39)53(48)56-57-49(45-28-14-26-43-40-23-9-11-30-51(40)59-54(43)45)34-50(58-56)46-29-15-27-44-41-24-10-12-31-52(41)60-55(44)46/h1-34H. The van der Waals surface area contributed by atoms with Gasteiger partial charge in [-0.05, 0) is 86.6 Å². The average molecular weight is 767 g/mol. The summed E-state index contributed by atoms with van der Waals surface area (Å²) in [7, 11) is 0. The minimum absolute atomic E-state index is 0.611. The molecule has 0 aliphatic carbocycles. The second-order valence-corrected chi connectivity index (χ2v) is 15.2. The van der Waals surface area contributed by atoms with Gasteiger partial charge < -0.3 is 8.83 Å². The van der Waals surface area contributed by atoms with Crippen LogP contribution >= 0.6 is 0 Å². The molecule has 280 valence electrons. The van der Waals surface area contributed by atoms with Gasteiger partial charge in [0.1, 0.15) is 22.3 Å². The summed E-state index contributed by atoms with van der Waals surface area (Å²) in [5.41, 5.74) is 14.2. The van der Waals surface area contributed by atoms with Crippen LogP contribution in [0.4, 0.5) is 0 Å². The Hall–Kier alpha value is -8.08. The molecular weight excluding hydrogens is 733 g/mol. The quantitative estimate of drug-likeness (QED) is 0.169. The Morgan fingerprint density at radius 3 is 1.37 bits per heavy atom. The van der Waals surface area contributed by atoms with Crippen LogP contribution in [0.2, 0.25) is 0 Å². The molecule has 3 aromatic heterocycles. The highest BCUT2D eigenvalue weighted by molar-refractivity contribution is 6.13. The van der Waals surface area contributed by atoms with Crippen molar-refractivity contribution in [1.82, 2.24) is 9.97 Å². The third-order valence-corrected chi connectivity index (χ3v) is 11.7. The van der Waals surface area contributed by atoms with Crippen molar-refractivity contribution in [2.45, 2.75) is 0 Å². The Bertz CT molecular complexity index is 3470. The highest BCUT2D eigenvalue weighted by atomic mass is 16.3. The van der Waals surface area contributed by atoms with E-state index in [0.717, 1.165) is 116 Å². The van der Waals surface area contributed by atoms with Crippen molar-refractivity contribution in [2.75, 3.05) is 0 Å². The third kappa shape index (κ3) is 5.53. The third-order valence-electron chi connectivity index (χ3n) is 11.7. The first kappa shape index (κ1) is 34.0. The van der Waals surface area contributed by atoms with E-state index in [9.17, 15) is 0 Å². The van der Waals surface area contributed by atoms with E-state index < -0.39 is 0 Å². The number of fused-ring (bicyclic) bond motifs is 7. The van der Waals surface area contributed by atoms with E-state index in [1.807, 2.05) is 24.3 Å². The van der Waals surface area contributed by atoms with Crippen molar-refractivity contribution in [3.63, 3.8) is 0 Å². The van der Waals surface area contributed by atoms with E-state index in [1.54, 1.807) is 0 Å². The summed E-state index contributed by atoms with van der Waals surface area (Å²) >= 11 is 0. The molecule has 12 aromatic rings. The number of nitrogens with zero attached hydrogens (tertiary/aromatic N) is 2. The molecule has 12 rings (SSSR count). The first-order valence-electron chi connectivity index (χ1n) is 20.2. The number of rotatable bonds is 6. The molecule has 0 fully saturated rings. The molecule has 0 spiro atoms. The van der Waals surface area contributed by atoms with Crippen molar-refractivity contribution < 1.29 is 8.83 Å². The van der Waals surface area contributed by atoms with Crippen LogP contribution in [-0.4, -0.2) is 9.97 Å². The molecular formula is C56H34N2O2. The maximum atomic E-state index is 6.64. The summed E-state index contributed by atoms with van der Waals surface area (Å²) in [5, 5.41) is 6.40. The minimum Gasteiger partial charge on any atom is -0.455 e. The lowest BCUT2D eigenvalue weighted by atomic mass is 9.87. The van der Waals surface area contributed by atoms with Crippen LogP contribution in [-0.2, 0) is 0 Å². The van der Waals surface area contributed by atoms with Crippen LogP contribution in [0.25, 0.3) is 122 Å². The first-order valence-corrected chi connectivity index (χ1v) is 20.2. The Morgan fingerprint density at radius 2 is 0.750 bits per heavy atom. The highest BCUT2D eigenvalue weighted by Gasteiger charge is 2.23. The predicted molar refractivity (Wildman–Crippen MR) is 247 cm³/mol. The molecule has 0 bridgehead atoms. The SMILES string of the molecule is c1ccc(-c2cccc(-c3cc(-c4ccccc4)c4ccccc4c3-c3nc(-c4cccc5c4oc4ccccc45)cc(-c4cccc5c4oc4ccccc45)n3)c2)cc1. The zero-order chi connectivity index (χ0) is 39.6. The Morgan fingerprint density at radius 1 is 0.283 bits per heavy atom. The normalized spacial score (nSPS) is 11.7. The summed E-state index contributed by atoms with van der Waals surface area (Å²) in [5.74, 6) is 0.611. The monoisotopic (exact) mass is 766 g/mol. The maximum Gasteiger partial charge on any atom is 0.161 e. The van der Waals surface area contributed by atoms with E-state index in [-0.39, 0.29) is 0 Å². The van der Waals surface area contributed by atoms with Gasteiger partial charge in [0.05, 0.1) is 11.4 Å². The maximum absolute atomic E-state index is 6.64. The largest absolute Gasteiger partial charge is 0.455 e. The number of hydrogen-bond donors (Lipinski definition) is 0. The van der Waals surface area contributed by atoms with Gasteiger partial charge in [0.15, 0.2) is 5.82 Å². The molecule has 0 saturated heterocycles. The van der Waals surface area contributed by atoms with E-state index in [4.69, 9.17) is 18.8 Å². The van der Waals surface area contributed by atoms with Gasteiger partial charge in [-0.25, -0.2) is 9.97 Å². The molecule has 0 N–H and O–H groups in total. The zero-order valence-corrected chi connectivity index (χ0v) is 32.3. The number of para-hydroxylation sites is 4. The van der Waals surface area contributed by atoms with Crippen LogP contribution in [0.15, 0.2) is 215 Å². The minimum atomic E-state index is 0.611. The van der Waals surface area contributed by atoms with Crippen LogP contribution in [0.3, 0.4) is 0 Å². The lowest BCUT2D eigenvalue weighted by Gasteiger charge is -2.19. The summed E-state index contributed by atoms with van der Waals surface area (Å²) in [4.78, 5) is 11.1. The van der Waals surface area contributed by atoms with Gasteiger partial charge in [0.25, 0.3) is 0 Å². The smallest absolute Gasteiger partial charge is 0.161 e. The van der Waals surface area contributed by atoms with Crippen molar-refractivity contribution in [1.29, 1.82) is 0 Å².